The molecule has 2 aromatic rings. The van der Waals surface area contributed by atoms with E-state index in [0.29, 0.717) is 12.1 Å². The van der Waals surface area contributed by atoms with E-state index in [9.17, 15) is 4.39 Å². The maximum absolute atomic E-state index is 14.0. The number of piperidine rings is 2. The SMILES string of the molecule is Fc1ccccc1CN1CCCC(NC2CCN(CCc3ccccc3)CC2)C1. The Labute approximate surface area is 174 Å². The van der Waals surface area contributed by atoms with Crippen LogP contribution in [0.2, 0.25) is 0 Å². The summed E-state index contributed by atoms with van der Waals surface area (Å²) in [5, 5.41) is 3.92. The van der Waals surface area contributed by atoms with Crippen molar-refractivity contribution in [3.8, 4) is 0 Å². The third-order valence-corrected chi connectivity index (χ3v) is 6.48. The summed E-state index contributed by atoms with van der Waals surface area (Å²) in [5.74, 6) is -0.0783. The van der Waals surface area contributed by atoms with Crippen LogP contribution >= 0.6 is 0 Å². The Kier molecular flexibility index (Phi) is 7.31. The molecule has 1 atom stereocenters. The molecule has 2 fully saturated rings. The lowest BCUT2D eigenvalue weighted by Crippen LogP contribution is -2.51. The van der Waals surface area contributed by atoms with Crippen LogP contribution in [0.15, 0.2) is 54.6 Å². The van der Waals surface area contributed by atoms with E-state index in [-0.39, 0.29) is 5.82 Å². The molecule has 4 heteroatoms. The van der Waals surface area contributed by atoms with Gasteiger partial charge in [-0.25, -0.2) is 4.39 Å². The molecule has 1 N–H and O–H groups in total. The minimum Gasteiger partial charge on any atom is -0.310 e. The van der Waals surface area contributed by atoms with Crippen LogP contribution in [0.4, 0.5) is 4.39 Å². The van der Waals surface area contributed by atoms with Crippen LogP contribution in [0, 0.1) is 5.82 Å². The number of halogens is 1. The average molecular weight is 396 g/mol. The summed E-state index contributed by atoms with van der Waals surface area (Å²) in [6.45, 7) is 6.37. The second kappa shape index (κ2) is 10.3. The number of hydrogen-bond donors (Lipinski definition) is 1. The van der Waals surface area contributed by atoms with Gasteiger partial charge in [0, 0.05) is 37.3 Å². The van der Waals surface area contributed by atoms with Gasteiger partial charge in [-0.1, -0.05) is 48.5 Å². The van der Waals surface area contributed by atoms with Crippen LogP contribution in [0.5, 0.6) is 0 Å². The molecule has 156 valence electrons. The zero-order chi connectivity index (χ0) is 19.9. The molecular formula is C25H34FN3. The first-order valence-electron chi connectivity index (χ1n) is 11.2. The van der Waals surface area contributed by atoms with Crippen LogP contribution in [-0.4, -0.2) is 54.6 Å². The summed E-state index contributed by atoms with van der Waals surface area (Å²) in [5.41, 5.74) is 2.25. The van der Waals surface area contributed by atoms with Crippen molar-refractivity contribution in [2.24, 2.45) is 0 Å². The Balaban J connectivity index is 1.18. The van der Waals surface area contributed by atoms with Crippen molar-refractivity contribution < 1.29 is 4.39 Å². The smallest absolute Gasteiger partial charge is 0.127 e. The maximum Gasteiger partial charge on any atom is 0.127 e. The predicted molar refractivity (Wildman–Crippen MR) is 117 cm³/mol. The van der Waals surface area contributed by atoms with Gasteiger partial charge in [0.05, 0.1) is 0 Å². The molecular weight excluding hydrogens is 361 g/mol. The number of rotatable bonds is 7. The van der Waals surface area contributed by atoms with E-state index < -0.39 is 0 Å². The van der Waals surface area contributed by atoms with E-state index in [0.717, 1.165) is 38.2 Å². The Hall–Kier alpha value is -1.75. The molecule has 29 heavy (non-hydrogen) atoms. The minimum atomic E-state index is -0.0783. The Morgan fingerprint density at radius 1 is 0.828 bits per heavy atom. The van der Waals surface area contributed by atoms with Gasteiger partial charge in [0.2, 0.25) is 0 Å². The highest BCUT2D eigenvalue weighted by Crippen LogP contribution is 2.18. The van der Waals surface area contributed by atoms with Gasteiger partial charge < -0.3 is 10.2 Å². The Morgan fingerprint density at radius 2 is 1.59 bits per heavy atom. The molecule has 0 aromatic heterocycles. The van der Waals surface area contributed by atoms with E-state index in [1.165, 1.54) is 44.3 Å². The standard InChI is InChI=1S/C25H34FN3/c26-25-11-5-4-9-22(25)19-29-15-6-10-24(20-29)27-23-13-17-28(18-14-23)16-12-21-7-2-1-3-8-21/h1-5,7-9,11,23-24,27H,6,10,12-20H2. The number of benzene rings is 2. The van der Waals surface area contributed by atoms with Crippen LogP contribution < -0.4 is 5.32 Å². The first-order chi connectivity index (χ1) is 14.3. The van der Waals surface area contributed by atoms with E-state index in [1.54, 1.807) is 12.1 Å². The summed E-state index contributed by atoms with van der Waals surface area (Å²) < 4.78 is 14.0. The van der Waals surface area contributed by atoms with E-state index in [4.69, 9.17) is 0 Å². The van der Waals surface area contributed by atoms with E-state index in [2.05, 4.69) is 45.4 Å². The summed E-state index contributed by atoms with van der Waals surface area (Å²) in [7, 11) is 0. The zero-order valence-electron chi connectivity index (χ0n) is 17.4. The number of likely N-dealkylation sites (tertiary alicyclic amines) is 2. The predicted octanol–water partition coefficient (Wildman–Crippen LogP) is 4.09. The number of nitrogens with one attached hydrogen (secondary N) is 1. The highest BCUT2D eigenvalue weighted by atomic mass is 19.1. The molecule has 0 aliphatic carbocycles. The second-order valence-electron chi connectivity index (χ2n) is 8.68. The molecule has 0 saturated carbocycles. The first kappa shape index (κ1) is 20.5. The molecule has 2 aliphatic heterocycles. The van der Waals surface area contributed by atoms with Gasteiger partial charge in [-0.2, -0.15) is 0 Å². The highest BCUT2D eigenvalue weighted by molar-refractivity contribution is 5.17. The molecule has 4 rings (SSSR count). The molecule has 0 amide bonds. The summed E-state index contributed by atoms with van der Waals surface area (Å²) in [6.07, 6.45) is 6.05. The fourth-order valence-electron chi connectivity index (χ4n) is 4.79. The molecule has 2 aromatic carbocycles. The monoisotopic (exact) mass is 395 g/mol. The quantitative estimate of drug-likeness (QED) is 0.762. The fraction of sp³-hybridized carbons (Fsp3) is 0.520. The molecule has 2 aliphatic rings. The van der Waals surface area contributed by atoms with E-state index in [1.807, 2.05) is 12.1 Å². The molecule has 3 nitrogen and oxygen atoms in total. The summed E-state index contributed by atoms with van der Waals surface area (Å²) >= 11 is 0. The summed E-state index contributed by atoms with van der Waals surface area (Å²) in [4.78, 5) is 5.02. The maximum atomic E-state index is 14.0. The first-order valence-corrected chi connectivity index (χ1v) is 11.2. The van der Waals surface area contributed by atoms with Crippen molar-refractivity contribution in [1.29, 1.82) is 0 Å². The van der Waals surface area contributed by atoms with Crippen molar-refractivity contribution in [1.82, 2.24) is 15.1 Å². The summed E-state index contributed by atoms with van der Waals surface area (Å²) in [6, 6.07) is 19.2. The molecule has 1 unspecified atom stereocenters. The van der Waals surface area contributed by atoms with Gasteiger partial charge in [0.15, 0.2) is 0 Å². The van der Waals surface area contributed by atoms with Crippen LogP contribution in [0.1, 0.15) is 36.8 Å². The van der Waals surface area contributed by atoms with Gasteiger partial charge >= 0.3 is 0 Å². The lowest BCUT2D eigenvalue weighted by Gasteiger charge is -2.38. The number of nitrogens with zero attached hydrogens (tertiary/aromatic N) is 2. The van der Waals surface area contributed by atoms with E-state index >= 15 is 0 Å². The van der Waals surface area contributed by atoms with Crippen LogP contribution in [0.25, 0.3) is 0 Å². The van der Waals surface area contributed by atoms with Crippen molar-refractivity contribution in [3.05, 3.63) is 71.5 Å². The van der Waals surface area contributed by atoms with Gasteiger partial charge in [-0.05, 0) is 63.4 Å². The van der Waals surface area contributed by atoms with Gasteiger partial charge in [-0.15, -0.1) is 0 Å². The van der Waals surface area contributed by atoms with Gasteiger partial charge in [-0.3, -0.25) is 4.90 Å². The normalized spacial score (nSPS) is 22.0. The Morgan fingerprint density at radius 3 is 2.38 bits per heavy atom. The lowest BCUT2D eigenvalue weighted by molar-refractivity contribution is 0.149. The van der Waals surface area contributed by atoms with Crippen LogP contribution in [-0.2, 0) is 13.0 Å². The molecule has 0 bridgehead atoms. The van der Waals surface area contributed by atoms with Crippen molar-refractivity contribution >= 4 is 0 Å². The average Bonchev–Trinajstić information content (AvgIpc) is 2.76. The van der Waals surface area contributed by atoms with Gasteiger partial charge in [0.1, 0.15) is 5.82 Å². The van der Waals surface area contributed by atoms with Crippen molar-refractivity contribution in [2.45, 2.75) is 50.7 Å². The fourth-order valence-corrected chi connectivity index (χ4v) is 4.79. The highest BCUT2D eigenvalue weighted by Gasteiger charge is 2.25. The van der Waals surface area contributed by atoms with Crippen molar-refractivity contribution in [2.75, 3.05) is 32.7 Å². The van der Waals surface area contributed by atoms with Crippen molar-refractivity contribution in [3.63, 3.8) is 0 Å². The second-order valence-corrected chi connectivity index (χ2v) is 8.68. The lowest BCUT2D eigenvalue weighted by atomic mass is 9.99. The Bertz CT molecular complexity index is 743. The zero-order valence-corrected chi connectivity index (χ0v) is 17.4. The van der Waals surface area contributed by atoms with Gasteiger partial charge in [0.25, 0.3) is 0 Å². The molecule has 2 heterocycles. The third kappa shape index (κ3) is 6.11. The number of hydrogen-bond acceptors (Lipinski definition) is 3. The minimum absolute atomic E-state index is 0.0783. The molecule has 0 radical (unpaired) electrons. The molecule has 0 spiro atoms. The molecule has 2 saturated heterocycles. The topological polar surface area (TPSA) is 18.5 Å². The van der Waals surface area contributed by atoms with Crippen LogP contribution in [0.3, 0.4) is 0 Å². The largest absolute Gasteiger partial charge is 0.310 e. The third-order valence-electron chi connectivity index (χ3n) is 6.48.